The molecule has 1 heterocycles. The minimum Gasteiger partial charge on any atom is -0.367 e. The van der Waals surface area contributed by atoms with E-state index < -0.39 is 0 Å². The first-order valence-electron chi connectivity index (χ1n) is 7.91. The number of thiocarbonyl (C=S) groups is 1. The Morgan fingerprint density at radius 3 is 2.56 bits per heavy atom. The van der Waals surface area contributed by atoms with Crippen molar-refractivity contribution in [2.24, 2.45) is 0 Å². The number of nitrogens with zero attached hydrogens (tertiary/aromatic N) is 1. The predicted molar refractivity (Wildman–Crippen MR) is 110 cm³/mol. The molecular weight excluding hydrogens is 348 g/mol. The highest BCUT2D eigenvalue weighted by Gasteiger charge is 2.31. The average Bonchev–Trinajstić information content (AvgIpc) is 2.89. The van der Waals surface area contributed by atoms with E-state index in [1.165, 1.54) is 17.3 Å². The molecule has 2 aromatic rings. The fraction of sp³-hybridized carbons (Fsp3) is 0.100. The van der Waals surface area contributed by atoms with Crippen LogP contribution in [0.1, 0.15) is 11.1 Å². The number of anilines is 1. The lowest BCUT2D eigenvalue weighted by molar-refractivity contribution is -0.121. The fourth-order valence-corrected chi connectivity index (χ4v) is 3.51. The van der Waals surface area contributed by atoms with E-state index in [0.717, 1.165) is 11.3 Å². The Kier molecular flexibility index (Phi) is 5.68. The number of benzene rings is 2. The number of amides is 1. The number of nitrogens with one attached hydrogen (secondary N) is 1. The summed E-state index contributed by atoms with van der Waals surface area (Å²) in [5.41, 5.74) is 3.26. The zero-order chi connectivity index (χ0) is 17.6. The van der Waals surface area contributed by atoms with Gasteiger partial charge in [0.05, 0.1) is 11.6 Å². The van der Waals surface area contributed by atoms with Crippen molar-refractivity contribution in [3.05, 3.63) is 82.8 Å². The molecule has 0 aliphatic carbocycles. The second-order valence-corrected chi connectivity index (χ2v) is 7.28. The van der Waals surface area contributed by atoms with E-state index in [-0.39, 0.29) is 5.91 Å². The van der Waals surface area contributed by atoms with Crippen LogP contribution in [0, 0.1) is 6.92 Å². The largest absolute Gasteiger partial charge is 0.367 e. The van der Waals surface area contributed by atoms with Gasteiger partial charge < -0.3 is 5.32 Å². The molecule has 0 radical (unpaired) electrons. The molecule has 1 saturated heterocycles. The molecule has 3 rings (SSSR count). The topological polar surface area (TPSA) is 32.3 Å². The molecule has 0 spiro atoms. The molecule has 1 N–H and O–H groups in total. The first kappa shape index (κ1) is 17.5. The Hall–Kier alpha value is -2.37. The monoisotopic (exact) mass is 366 g/mol. The average molecular weight is 367 g/mol. The third-order valence-corrected chi connectivity index (χ3v) is 5.10. The van der Waals surface area contributed by atoms with Crippen molar-refractivity contribution < 1.29 is 4.79 Å². The lowest BCUT2D eigenvalue weighted by Gasteiger charge is -2.16. The molecule has 1 amide bonds. The Morgan fingerprint density at radius 2 is 1.84 bits per heavy atom. The van der Waals surface area contributed by atoms with Crippen LogP contribution in [0.5, 0.6) is 0 Å². The van der Waals surface area contributed by atoms with Crippen LogP contribution in [-0.2, 0) is 4.79 Å². The van der Waals surface area contributed by atoms with Crippen LogP contribution in [0.4, 0.5) is 5.69 Å². The zero-order valence-electron chi connectivity index (χ0n) is 13.8. The number of allylic oxidation sites excluding steroid dienone is 2. The van der Waals surface area contributed by atoms with Crippen molar-refractivity contribution in [2.75, 3.05) is 12.0 Å². The van der Waals surface area contributed by atoms with Gasteiger partial charge in [-0.3, -0.25) is 9.69 Å². The molecule has 2 aromatic carbocycles. The van der Waals surface area contributed by atoms with Crippen LogP contribution >= 0.6 is 24.0 Å². The van der Waals surface area contributed by atoms with Gasteiger partial charge in [0.2, 0.25) is 0 Å². The highest BCUT2D eigenvalue weighted by atomic mass is 32.2. The van der Waals surface area contributed by atoms with E-state index in [2.05, 4.69) is 5.32 Å². The molecule has 5 heteroatoms. The van der Waals surface area contributed by atoms with Crippen molar-refractivity contribution in [1.29, 1.82) is 0 Å². The predicted octanol–water partition coefficient (Wildman–Crippen LogP) is 4.82. The number of rotatable bonds is 5. The number of hydrogen-bond donors (Lipinski definition) is 1. The van der Waals surface area contributed by atoms with E-state index >= 15 is 0 Å². The van der Waals surface area contributed by atoms with E-state index in [1.807, 2.05) is 79.7 Å². The molecule has 1 aliphatic rings. The Balaban J connectivity index is 1.62. The van der Waals surface area contributed by atoms with Gasteiger partial charge in [0.25, 0.3) is 5.91 Å². The molecule has 1 aliphatic heterocycles. The first-order chi connectivity index (χ1) is 12.1. The van der Waals surface area contributed by atoms with Crippen LogP contribution < -0.4 is 5.32 Å². The smallest absolute Gasteiger partial charge is 0.267 e. The molecule has 0 saturated carbocycles. The molecule has 0 aromatic heterocycles. The summed E-state index contributed by atoms with van der Waals surface area (Å²) in [6.45, 7) is 2.41. The number of carbonyl (C=O) groups is 1. The molecule has 126 valence electrons. The van der Waals surface area contributed by atoms with Crippen LogP contribution in [-0.4, -0.2) is 21.8 Å². The summed E-state index contributed by atoms with van der Waals surface area (Å²) in [5.74, 6) is -0.0627. The highest BCUT2D eigenvalue weighted by molar-refractivity contribution is 8.26. The molecule has 0 unspecified atom stereocenters. The van der Waals surface area contributed by atoms with Crippen LogP contribution in [0.25, 0.3) is 6.08 Å². The number of carbonyl (C=O) groups excluding carboxylic acids is 1. The lowest BCUT2D eigenvalue weighted by Crippen LogP contribution is -2.33. The SMILES string of the molecule is Cc1ccc(NCN2C(=O)/C(=C\C=C\c3ccccc3)SC2=S)cc1. The summed E-state index contributed by atoms with van der Waals surface area (Å²) < 4.78 is 0.573. The van der Waals surface area contributed by atoms with Gasteiger partial charge in [0.15, 0.2) is 0 Å². The molecular formula is C20H18N2OS2. The van der Waals surface area contributed by atoms with E-state index in [4.69, 9.17) is 12.2 Å². The van der Waals surface area contributed by atoms with E-state index in [1.54, 1.807) is 4.90 Å². The molecule has 3 nitrogen and oxygen atoms in total. The van der Waals surface area contributed by atoms with Crippen molar-refractivity contribution in [3.8, 4) is 0 Å². The Bertz CT molecular complexity index is 827. The summed E-state index contributed by atoms with van der Waals surface area (Å²) in [7, 11) is 0. The third kappa shape index (κ3) is 4.59. The summed E-state index contributed by atoms with van der Waals surface area (Å²) in [5, 5.41) is 3.24. The molecule has 25 heavy (non-hydrogen) atoms. The molecule has 0 bridgehead atoms. The summed E-state index contributed by atoms with van der Waals surface area (Å²) in [6.07, 6.45) is 5.67. The van der Waals surface area contributed by atoms with Gasteiger partial charge in [-0.25, -0.2) is 0 Å². The third-order valence-electron chi connectivity index (χ3n) is 3.70. The number of thioether (sulfide) groups is 1. The van der Waals surface area contributed by atoms with Gasteiger partial charge >= 0.3 is 0 Å². The van der Waals surface area contributed by atoms with Gasteiger partial charge in [-0.1, -0.05) is 84.2 Å². The van der Waals surface area contributed by atoms with Gasteiger partial charge in [-0.2, -0.15) is 0 Å². The Labute approximate surface area is 157 Å². The maximum Gasteiger partial charge on any atom is 0.267 e. The standard InChI is InChI=1S/C20H18N2OS2/c1-15-10-12-17(13-11-15)21-14-22-19(23)18(25-20(22)24)9-5-8-16-6-3-2-4-7-16/h2-13,21H,14H2,1H3/b8-5+,18-9+. The van der Waals surface area contributed by atoms with E-state index in [9.17, 15) is 4.79 Å². The van der Waals surface area contributed by atoms with Crippen molar-refractivity contribution >= 4 is 46.0 Å². The normalized spacial score (nSPS) is 16.2. The van der Waals surface area contributed by atoms with Crippen LogP contribution in [0.2, 0.25) is 0 Å². The molecule has 0 atom stereocenters. The maximum absolute atomic E-state index is 12.5. The van der Waals surface area contributed by atoms with Crippen molar-refractivity contribution in [3.63, 3.8) is 0 Å². The van der Waals surface area contributed by atoms with Gasteiger partial charge in [-0.05, 0) is 30.7 Å². The maximum atomic E-state index is 12.5. The van der Waals surface area contributed by atoms with Gasteiger partial charge in [-0.15, -0.1) is 0 Å². The highest BCUT2D eigenvalue weighted by Crippen LogP contribution is 2.30. The number of hydrogen-bond acceptors (Lipinski definition) is 4. The summed E-state index contributed by atoms with van der Waals surface area (Å²) in [4.78, 5) is 14.7. The fourth-order valence-electron chi connectivity index (χ4n) is 2.30. The lowest BCUT2D eigenvalue weighted by atomic mass is 10.2. The summed E-state index contributed by atoms with van der Waals surface area (Å²) >= 11 is 6.67. The quantitative estimate of drug-likeness (QED) is 0.607. The first-order valence-corrected chi connectivity index (χ1v) is 9.13. The van der Waals surface area contributed by atoms with Gasteiger partial charge in [0, 0.05) is 5.69 Å². The minimum absolute atomic E-state index is 0.0627. The van der Waals surface area contributed by atoms with Crippen molar-refractivity contribution in [1.82, 2.24) is 4.90 Å². The van der Waals surface area contributed by atoms with Crippen LogP contribution in [0.15, 0.2) is 71.7 Å². The second kappa shape index (κ2) is 8.14. The van der Waals surface area contributed by atoms with Crippen molar-refractivity contribution in [2.45, 2.75) is 6.92 Å². The van der Waals surface area contributed by atoms with Crippen LogP contribution in [0.3, 0.4) is 0 Å². The summed E-state index contributed by atoms with van der Waals surface area (Å²) in [6, 6.07) is 18.0. The van der Waals surface area contributed by atoms with Gasteiger partial charge in [0.1, 0.15) is 4.32 Å². The second-order valence-electron chi connectivity index (χ2n) is 5.60. The Morgan fingerprint density at radius 1 is 1.12 bits per heavy atom. The zero-order valence-corrected chi connectivity index (χ0v) is 15.4. The number of aryl methyl sites for hydroxylation is 1. The van der Waals surface area contributed by atoms with E-state index in [0.29, 0.717) is 15.9 Å². The minimum atomic E-state index is -0.0627. The molecule has 1 fully saturated rings.